The number of likely N-dealkylation sites (N-methyl/N-ethyl adjacent to an activating group) is 4. The van der Waals surface area contributed by atoms with Crippen LogP contribution in [0.5, 0.6) is 0 Å². The zero-order valence-electron chi connectivity index (χ0n) is 73.0. The summed E-state index contributed by atoms with van der Waals surface area (Å²) in [7, 11) is 10.6. The van der Waals surface area contributed by atoms with Gasteiger partial charge in [0.15, 0.2) is 18.9 Å². The van der Waals surface area contributed by atoms with Gasteiger partial charge in [0.1, 0.15) is 60.0 Å². The van der Waals surface area contributed by atoms with Crippen molar-refractivity contribution in [1.29, 1.82) is 0 Å². The van der Waals surface area contributed by atoms with Crippen molar-refractivity contribution in [2.75, 3.05) is 55.4 Å². The third-order valence-electron chi connectivity index (χ3n) is 25.2. The Bertz CT molecular complexity index is 2750. The molecule has 652 valence electrons. The van der Waals surface area contributed by atoms with Gasteiger partial charge >= 0.3 is 11.9 Å². The molecule has 5 rings (SSSR count). The van der Waals surface area contributed by atoms with Crippen molar-refractivity contribution in [1.82, 2.24) is 25.1 Å². The van der Waals surface area contributed by atoms with Gasteiger partial charge in [-0.25, -0.2) is 5.48 Å². The van der Waals surface area contributed by atoms with Crippen LogP contribution in [-0.2, 0) is 66.6 Å². The fourth-order valence-electron chi connectivity index (χ4n) is 18.0. The lowest BCUT2D eigenvalue weighted by atomic mass is 9.77. The molecule has 5 aliphatic heterocycles. The van der Waals surface area contributed by atoms with Crippen molar-refractivity contribution < 1.29 is 113 Å². The highest BCUT2D eigenvalue weighted by atomic mass is 16.7. The molecule has 0 aliphatic carbocycles. The molecule has 0 spiro atoms. The second-order valence-corrected chi connectivity index (χ2v) is 35.9. The molecule has 5 fully saturated rings. The highest BCUT2D eigenvalue weighted by Gasteiger charge is 2.55. The van der Waals surface area contributed by atoms with Crippen molar-refractivity contribution in [3.05, 3.63) is 0 Å². The van der Waals surface area contributed by atoms with E-state index in [1.807, 2.05) is 70.6 Å². The minimum Gasteiger partial charge on any atom is -0.459 e. The lowest BCUT2D eigenvalue weighted by molar-refractivity contribution is -0.317. The lowest BCUT2D eigenvalue weighted by Crippen LogP contribution is -2.61. The number of hydrogen-bond donors (Lipinski definition) is 10. The number of unbranched alkanes of at least 4 members (excludes halogenated alkanes) is 10. The van der Waals surface area contributed by atoms with Crippen LogP contribution in [0.25, 0.3) is 0 Å². The number of amides is 2. The van der Waals surface area contributed by atoms with E-state index in [0.29, 0.717) is 32.4 Å². The Morgan fingerprint density at radius 2 is 0.946 bits per heavy atom. The number of methoxy groups -OCH3 is 1. The van der Waals surface area contributed by atoms with Gasteiger partial charge in [0.2, 0.25) is 11.8 Å². The van der Waals surface area contributed by atoms with Crippen LogP contribution in [0.1, 0.15) is 260 Å². The van der Waals surface area contributed by atoms with Crippen LogP contribution in [0.2, 0.25) is 0 Å². The standard InChI is InChI=1S/C51H96N2O13.C32H61N3O10/c1-15-17-18-19-20-21-22-23-24-25-26-27-40(54)53(13)38-28-33(4)62-48(42(38)55)66-46-34(5)43(65-41-30-50(10,61-14)45(57)37(8)63-41)35(6)47(58)64-39(16-2)51(11,60)44(56)36(7)52(12)31-32(3)29-49(46,9)59;1-13-24-32(9,41)27(38)21(6)35(12)16-17(2)15-31(8,40)28(44-30-25(37)23(34(10)11)14-18(3)42-30)19(4)26(45-33-22(7)36)20(5)29(39)43-24/h32-39,41-46,48,55-57,59-60H,15-31H2,1-14H3;17-21,23-28,30,37-38,40-41H,13-16H2,1-12H3,(H,33,36)/t32-,33-,34+,35-,36-,37+,38+,39-,41+,42-,43+,44-,45+,46?,48+,49-,50-,51-;17-,18?,19+,20-,21-,23?,24-,25?,26+,27-,28-,30+,31-,32-/m11/s1. The minimum absolute atomic E-state index is 0.0607. The van der Waals surface area contributed by atoms with Crippen LogP contribution < -0.4 is 5.48 Å². The number of carbonyl (C=O) groups is 4. The molecule has 28 heteroatoms. The fraction of sp³-hybridized carbons (Fsp3) is 0.952. The smallest absolute Gasteiger partial charge is 0.311 e. The van der Waals surface area contributed by atoms with E-state index in [1.54, 1.807) is 95.0 Å². The summed E-state index contributed by atoms with van der Waals surface area (Å²) in [5.41, 5.74) is -5.53. The van der Waals surface area contributed by atoms with Crippen molar-refractivity contribution >= 4 is 23.8 Å². The summed E-state index contributed by atoms with van der Waals surface area (Å²) < 4.78 is 56.5. The van der Waals surface area contributed by atoms with E-state index in [-0.39, 0.29) is 62.0 Å². The summed E-state index contributed by atoms with van der Waals surface area (Å²) in [6.45, 7) is 35.6. The molecule has 0 saturated carbocycles. The average molecular weight is 1590 g/mol. The van der Waals surface area contributed by atoms with Gasteiger partial charge in [0.05, 0.1) is 71.3 Å². The van der Waals surface area contributed by atoms with Gasteiger partial charge in [-0.15, -0.1) is 0 Å². The van der Waals surface area contributed by atoms with Crippen molar-refractivity contribution in [3.63, 3.8) is 0 Å². The van der Waals surface area contributed by atoms with Crippen molar-refractivity contribution in [2.45, 2.75) is 417 Å². The van der Waals surface area contributed by atoms with Crippen molar-refractivity contribution in [2.24, 2.45) is 35.5 Å². The highest BCUT2D eigenvalue weighted by molar-refractivity contribution is 5.76. The Kier molecular flexibility index (Phi) is 40.5. The van der Waals surface area contributed by atoms with Crippen LogP contribution in [-0.4, -0.2) is 301 Å². The van der Waals surface area contributed by atoms with E-state index in [2.05, 4.69) is 12.4 Å². The van der Waals surface area contributed by atoms with E-state index >= 15 is 0 Å². The first-order valence-corrected chi connectivity index (χ1v) is 41.9. The maximum atomic E-state index is 14.4. The Morgan fingerprint density at radius 3 is 1.35 bits per heavy atom. The van der Waals surface area contributed by atoms with Crippen LogP contribution in [0.4, 0.5) is 0 Å². The van der Waals surface area contributed by atoms with Crippen LogP contribution in [0.3, 0.4) is 0 Å². The molecule has 0 aromatic carbocycles. The number of aliphatic hydroxyl groups excluding tert-OH is 5. The third-order valence-corrected chi connectivity index (χ3v) is 25.2. The molecule has 5 aliphatic rings. The van der Waals surface area contributed by atoms with Crippen LogP contribution >= 0.6 is 0 Å². The van der Waals surface area contributed by atoms with Gasteiger partial charge in [-0.05, 0) is 168 Å². The Hall–Kier alpha value is -2.92. The van der Waals surface area contributed by atoms with E-state index in [9.17, 15) is 65.1 Å². The monoisotopic (exact) mass is 1590 g/mol. The lowest BCUT2D eigenvalue weighted by Gasteiger charge is -2.49. The second kappa shape index (κ2) is 44.8. The summed E-state index contributed by atoms with van der Waals surface area (Å²) in [4.78, 5) is 66.9. The van der Waals surface area contributed by atoms with Gasteiger partial charge in [-0.1, -0.05) is 113 Å². The Morgan fingerprint density at radius 1 is 0.550 bits per heavy atom. The van der Waals surface area contributed by atoms with E-state index in [1.165, 1.54) is 79.2 Å². The molecule has 28 nitrogen and oxygen atoms in total. The maximum absolute atomic E-state index is 14.4. The van der Waals surface area contributed by atoms with E-state index < -0.39 is 186 Å². The first-order chi connectivity index (χ1) is 51.5. The Labute approximate surface area is 666 Å². The van der Waals surface area contributed by atoms with Gasteiger partial charge < -0.3 is 108 Å². The first kappa shape index (κ1) is 100. The zero-order valence-corrected chi connectivity index (χ0v) is 73.0. The largest absolute Gasteiger partial charge is 0.459 e. The molecule has 2 amide bonds. The van der Waals surface area contributed by atoms with Gasteiger partial charge in [-0.3, -0.25) is 24.0 Å². The molecule has 32 atom stereocenters. The van der Waals surface area contributed by atoms with E-state index in [4.69, 9.17) is 47.5 Å². The number of rotatable bonds is 25. The predicted octanol–water partition coefficient (Wildman–Crippen LogP) is 7.55. The summed E-state index contributed by atoms with van der Waals surface area (Å²) in [5.74, 6) is -6.01. The minimum atomic E-state index is -1.83. The zero-order chi connectivity index (χ0) is 84.3. The molecule has 0 aromatic heterocycles. The molecule has 4 unspecified atom stereocenters. The molecule has 5 heterocycles. The quantitative estimate of drug-likeness (QED) is 0.0239. The number of hydroxylamine groups is 1. The number of nitrogens with zero attached hydrogens (tertiary/aromatic N) is 4. The topological polar surface area (TPSA) is 368 Å². The number of cyclic esters (lactones) is 2. The number of carbonyl (C=O) groups excluding carboxylic acids is 4. The molecule has 5 saturated heterocycles. The predicted molar refractivity (Wildman–Crippen MR) is 422 cm³/mol. The number of aliphatic hydroxyl groups is 9. The number of hydrogen-bond acceptors (Lipinski definition) is 26. The number of esters is 2. The maximum Gasteiger partial charge on any atom is 0.311 e. The SMILES string of the molecule is CCCCCCCCCCCCCC(=O)N(C)[C@H]1C[C@@H](C)O[C@@H](OC2[C@@H](C)[C@H](O[C@H]3C[C@@](C)(OC)[C@@H](O)[C@H](C)O3)[C@@H](C)C(=O)O[C@H](CC)[C@@](C)(O)[C@H](O)[C@@H](C)N(C)C[C@H](C)C[C@@]2(C)O)[C@@H]1O.CC[C@H]1OC(=O)[C@H](C)[C@@H](ONC(C)=O)[C@H](C)[C@@H](O[C@@H]2OC(C)CC(N(C)C)C2O)[C@](C)(O)C[C@@H](C)CN(C)[C@H](C)[C@@H](O)[C@]1(C)O. The summed E-state index contributed by atoms with van der Waals surface area (Å²) in [6, 6.07) is -1.99. The molecule has 0 radical (unpaired) electrons. The van der Waals surface area contributed by atoms with E-state index in [0.717, 1.165) is 19.3 Å². The first-order valence-electron chi connectivity index (χ1n) is 41.9. The fourth-order valence-corrected chi connectivity index (χ4v) is 18.0. The molecular weight excluding hydrogens is 1430 g/mol. The summed E-state index contributed by atoms with van der Waals surface area (Å²) in [6.07, 6.45) is -1.83. The summed E-state index contributed by atoms with van der Waals surface area (Å²) in [5, 5.41) is 106. The highest BCUT2D eigenvalue weighted by Crippen LogP contribution is 2.43. The van der Waals surface area contributed by atoms with Gasteiger partial charge in [0.25, 0.3) is 0 Å². The summed E-state index contributed by atoms with van der Waals surface area (Å²) >= 11 is 0. The van der Waals surface area contributed by atoms with Crippen LogP contribution in [0, 0.1) is 35.5 Å². The normalized spacial score (nSPS) is 42.9. The molecule has 0 aromatic rings. The number of nitrogens with one attached hydrogen (secondary N) is 1. The second-order valence-electron chi connectivity index (χ2n) is 35.9. The van der Waals surface area contributed by atoms with Gasteiger partial charge in [-0.2, -0.15) is 0 Å². The third kappa shape index (κ3) is 27.6. The molecule has 0 bridgehead atoms. The van der Waals surface area contributed by atoms with Gasteiger partial charge in [0, 0.05) is 77.0 Å². The van der Waals surface area contributed by atoms with Crippen molar-refractivity contribution in [3.8, 4) is 0 Å². The molecule has 10 N–H and O–H groups in total. The average Bonchev–Trinajstić information content (AvgIpc) is 1.71. The number of ether oxygens (including phenoxy) is 9. The van der Waals surface area contributed by atoms with Crippen LogP contribution in [0.15, 0.2) is 0 Å². The Balaban J connectivity index is 0.000000503. The molecular formula is C83H157N5O23. The molecule has 111 heavy (non-hydrogen) atoms.